The Morgan fingerprint density at radius 1 is 1.41 bits per heavy atom. The molecule has 1 N–H and O–H groups in total. The summed E-state index contributed by atoms with van der Waals surface area (Å²) in [5.74, 6) is 0.663. The molecule has 0 saturated heterocycles. The van der Waals surface area contributed by atoms with Gasteiger partial charge in [0.2, 0.25) is 5.91 Å². The van der Waals surface area contributed by atoms with Crippen LogP contribution in [0.4, 0.5) is 0 Å². The van der Waals surface area contributed by atoms with Crippen LogP contribution in [0.25, 0.3) is 0 Å². The lowest BCUT2D eigenvalue weighted by atomic mass is 10.2. The SMILES string of the molecule is Cc1cc(SCC(=O)NC2CC2)c(C)cc1Br. The summed E-state index contributed by atoms with van der Waals surface area (Å²) in [5.41, 5.74) is 2.42. The number of rotatable bonds is 4. The van der Waals surface area contributed by atoms with Gasteiger partial charge in [-0.2, -0.15) is 0 Å². The number of benzene rings is 1. The monoisotopic (exact) mass is 313 g/mol. The first-order valence-corrected chi connectivity index (χ1v) is 7.53. The first kappa shape index (κ1) is 13.0. The number of thioether (sulfide) groups is 1. The smallest absolute Gasteiger partial charge is 0.230 e. The van der Waals surface area contributed by atoms with Crippen LogP contribution in [0.15, 0.2) is 21.5 Å². The fourth-order valence-corrected chi connectivity index (χ4v) is 2.92. The molecule has 2 nitrogen and oxygen atoms in total. The van der Waals surface area contributed by atoms with Crippen molar-refractivity contribution >= 4 is 33.6 Å². The van der Waals surface area contributed by atoms with Crippen LogP contribution < -0.4 is 5.32 Å². The van der Waals surface area contributed by atoms with E-state index < -0.39 is 0 Å². The number of amides is 1. The first-order chi connectivity index (χ1) is 8.06. The van der Waals surface area contributed by atoms with E-state index in [-0.39, 0.29) is 5.91 Å². The molecule has 1 aliphatic rings. The van der Waals surface area contributed by atoms with Crippen LogP contribution in [0.3, 0.4) is 0 Å². The Morgan fingerprint density at radius 2 is 2.12 bits per heavy atom. The van der Waals surface area contributed by atoms with E-state index in [1.807, 2.05) is 0 Å². The molecule has 0 radical (unpaired) electrons. The standard InChI is InChI=1S/C13H16BrNOS/c1-8-6-12(9(2)5-11(8)14)17-7-13(16)15-10-3-4-10/h5-6,10H,3-4,7H2,1-2H3,(H,15,16). The minimum absolute atomic E-state index is 0.150. The number of carbonyl (C=O) groups is 1. The third kappa shape index (κ3) is 3.75. The van der Waals surface area contributed by atoms with Crippen molar-refractivity contribution in [3.63, 3.8) is 0 Å². The van der Waals surface area contributed by atoms with Crippen LogP contribution in [0.5, 0.6) is 0 Å². The minimum Gasteiger partial charge on any atom is -0.353 e. The van der Waals surface area contributed by atoms with E-state index in [0.29, 0.717) is 11.8 Å². The Bertz CT molecular complexity index is 443. The second kappa shape index (κ2) is 5.44. The lowest BCUT2D eigenvalue weighted by molar-refractivity contribution is -0.118. The van der Waals surface area contributed by atoms with Crippen LogP contribution in [-0.4, -0.2) is 17.7 Å². The van der Waals surface area contributed by atoms with E-state index in [0.717, 1.165) is 17.3 Å². The van der Waals surface area contributed by atoms with Gasteiger partial charge < -0.3 is 5.32 Å². The van der Waals surface area contributed by atoms with Gasteiger partial charge in [-0.15, -0.1) is 11.8 Å². The van der Waals surface area contributed by atoms with Gasteiger partial charge in [0.15, 0.2) is 0 Å². The molecule has 17 heavy (non-hydrogen) atoms. The number of nitrogens with one attached hydrogen (secondary N) is 1. The predicted molar refractivity (Wildman–Crippen MR) is 75.5 cm³/mol. The van der Waals surface area contributed by atoms with Crippen molar-refractivity contribution in [3.05, 3.63) is 27.7 Å². The first-order valence-electron chi connectivity index (χ1n) is 5.75. The van der Waals surface area contributed by atoms with Crippen molar-refractivity contribution in [3.8, 4) is 0 Å². The van der Waals surface area contributed by atoms with Crippen LogP contribution in [0.1, 0.15) is 24.0 Å². The molecule has 4 heteroatoms. The maximum atomic E-state index is 11.6. The van der Waals surface area contributed by atoms with Crippen LogP contribution >= 0.6 is 27.7 Å². The van der Waals surface area contributed by atoms with Crippen LogP contribution in [-0.2, 0) is 4.79 Å². The molecule has 92 valence electrons. The third-order valence-electron chi connectivity index (χ3n) is 2.76. The fraction of sp³-hybridized carbons (Fsp3) is 0.462. The second-order valence-corrected chi connectivity index (χ2v) is 6.37. The maximum Gasteiger partial charge on any atom is 0.230 e. The summed E-state index contributed by atoms with van der Waals surface area (Å²) in [7, 11) is 0. The average Bonchev–Trinajstić information content (AvgIpc) is 3.05. The zero-order valence-corrected chi connectivity index (χ0v) is 12.5. The number of hydrogen-bond acceptors (Lipinski definition) is 2. The van der Waals surface area contributed by atoms with Crippen molar-refractivity contribution in [1.29, 1.82) is 0 Å². The Balaban J connectivity index is 1.93. The summed E-state index contributed by atoms with van der Waals surface area (Å²) in [6.07, 6.45) is 2.29. The predicted octanol–water partition coefficient (Wildman–Crippen LogP) is 3.44. The molecule has 0 heterocycles. The van der Waals surface area contributed by atoms with E-state index in [1.54, 1.807) is 11.8 Å². The van der Waals surface area contributed by atoms with Gasteiger partial charge in [0.1, 0.15) is 0 Å². The normalized spacial score (nSPS) is 14.8. The van der Waals surface area contributed by atoms with Crippen molar-refractivity contribution in [2.24, 2.45) is 0 Å². The van der Waals surface area contributed by atoms with Gasteiger partial charge in [-0.05, 0) is 49.9 Å². The lowest BCUT2D eigenvalue weighted by Gasteiger charge is -2.08. The van der Waals surface area contributed by atoms with Crippen molar-refractivity contribution in [2.75, 3.05) is 5.75 Å². The zero-order chi connectivity index (χ0) is 12.4. The van der Waals surface area contributed by atoms with Gasteiger partial charge in [0.25, 0.3) is 0 Å². The number of hydrogen-bond donors (Lipinski definition) is 1. The van der Waals surface area contributed by atoms with Gasteiger partial charge in [0.05, 0.1) is 5.75 Å². The summed E-state index contributed by atoms with van der Waals surface area (Å²) in [5, 5.41) is 3.00. The fourth-order valence-electron chi connectivity index (χ4n) is 1.55. The molecule has 0 aliphatic heterocycles. The number of carbonyl (C=O) groups excluding carboxylic acids is 1. The highest BCUT2D eigenvalue weighted by molar-refractivity contribution is 9.10. The molecule has 1 amide bonds. The second-order valence-electron chi connectivity index (χ2n) is 4.50. The van der Waals surface area contributed by atoms with E-state index in [9.17, 15) is 4.79 Å². The molecule has 0 spiro atoms. The van der Waals surface area contributed by atoms with Gasteiger partial charge >= 0.3 is 0 Å². The molecular weight excluding hydrogens is 298 g/mol. The summed E-state index contributed by atoms with van der Waals surface area (Å²) in [4.78, 5) is 12.8. The Hall–Kier alpha value is -0.480. The third-order valence-corrected chi connectivity index (χ3v) is 4.77. The molecule has 0 aromatic heterocycles. The van der Waals surface area contributed by atoms with E-state index in [2.05, 4.69) is 47.2 Å². The molecule has 1 saturated carbocycles. The van der Waals surface area contributed by atoms with E-state index >= 15 is 0 Å². The molecule has 1 fully saturated rings. The summed E-state index contributed by atoms with van der Waals surface area (Å²) >= 11 is 5.13. The summed E-state index contributed by atoms with van der Waals surface area (Å²) in [6, 6.07) is 4.70. The largest absolute Gasteiger partial charge is 0.353 e. The Kier molecular flexibility index (Phi) is 4.15. The molecule has 1 aromatic rings. The summed E-state index contributed by atoms with van der Waals surface area (Å²) in [6.45, 7) is 4.14. The molecule has 0 unspecified atom stereocenters. The molecule has 2 rings (SSSR count). The molecular formula is C13H16BrNOS. The Labute approximate surface area is 115 Å². The van der Waals surface area contributed by atoms with E-state index in [1.165, 1.54) is 16.0 Å². The highest BCUT2D eigenvalue weighted by atomic mass is 79.9. The lowest BCUT2D eigenvalue weighted by Crippen LogP contribution is -2.27. The molecule has 0 bridgehead atoms. The van der Waals surface area contributed by atoms with E-state index in [4.69, 9.17) is 0 Å². The maximum absolute atomic E-state index is 11.6. The topological polar surface area (TPSA) is 29.1 Å². The van der Waals surface area contributed by atoms with Crippen molar-refractivity contribution in [2.45, 2.75) is 37.6 Å². The molecule has 1 aliphatic carbocycles. The van der Waals surface area contributed by atoms with Crippen LogP contribution in [0, 0.1) is 13.8 Å². The Morgan fingerprint density at radius 3 is 2.76 bits per heavy atom. The molecule has 0 atom stereocenters. The highest BCUT2D eigenvalue weighted by Gasteiger charge is 2.23. The van der Waals surface area contributed by atoms with Crippen molar-refractivity contribution in [1.82, 2.24) is 5.32 Å². The number of halogens is 1. The number of aryl methyl sites for hydroxylation is 2. The average molecular weight is 314 g/mol. The van der Waals surface area contributed by atoms with Gasteiger partial charge in [-0.3, -0.25) is 4.79 Å². The zero-order valence-electron chi connectivity index (χ0n) is 10.0. The minimum atomic E-state index is 0.150. The van der Waals surface area contributed by atoms with Crippen LogP contribution in [0.2, 0.25) is 0 Å². The van der Waals surface area contributed by atoms with Gasteiger partial charge in [-0.25, -0.2) is 0 Å². The highest BCUT2D eigenvalue weighted by Crippen LogP contribution is 2.28. The molecule has 1 aromatic carbocycles. The van der Waals surface area contributed by atoms with Gasteiger partial charge in [0, 0.05) is 15.4 Å². The quantitative estimate of drug-likeness (QED) is 0.863. The van der Waals surface area contributed by atoms with Crippen molar-refractivity contribution < 1.29 is 4.79 Å². The van der Waals surface area contributed by atoms with Gasteiger partial charge in [-0.1, -0.05) is 15.9 Å². The summed E-state index contributed by atoms with van der Waals surface area (Å²) < 4.78 is 1.13.